The van der Waals surface area contributed by atoms with Crippen molar-refractivity contribution in [2.75, 3.05) is 0 Å². The summed E-state index contributed by atoms with van der Waals surface area (Å²) in [6, 6.07) is 19.1. The number of hydrogen-bond donors (Lipinski definition) is 0. The molecule has 0 spiro atoms. The number of pyridine rings is 1. The molecule has 0 bridgehead atoms. The van der Waals surface area contributed by atoms with Crippen LogP contribution in [0.4, 0.5) is 0 Å². The van der Waals surface area contributed by atoms with Crippen LogP contribution in [0.3, 0.4) is 0 Å². The Morgan fingerprint density at radius 2 is 1.90 bits per heavy atom. The number of benzene rings is 2. The van der Waals surface area contributed by atoms with Gasteiger partial charge in [0.25, 0.3) is 0 Å². The van der Waals surface area contributed by atoms with Crippen molar-refractivity contribution in [3.8, 4) is 0 Å². The summed E-state index contributed by atoms with van der Waals surface area (Å²) in [7, 11) is 0. The number of halogens is 1. The van der Waals surface area contributed by atoms with E-state index in [1.807, 2.05) is 12.3 Å². The minimum atomic E-state index is 0.866. The van der Waals surface area contributed by atoms with Crippen molar-refractivity contribution in [1.29, 1.82) is 0 Å². The van der Waals surface area contributed by atoms with Crippen LogP contribution in [0.5, 0.6) is 0 Å². The Labute approximate surface area is 131 Å². The van der Waals surface area contributed by atoms with Crippen molar-refractivity contribution in [3.05, 3.63) is 77.0 Å². The summed E-state index contributed by atoms with van der Waals surface area (Å²) in [6.07, 6.45) is 3.98. The van der Waals surface area contributed by atoms with Gasteiger partial charge in [-0.25, -0.2) is 0 Å². The molecule has 4 aromatic rings. The van der Waals surface area contributed by atoms with Crippen LogP contribution in [0.2, 0.25) is 0 Å². The van der Waals surface area contributed by atoms with Crippen molar-refractivity contribution in [3.63, 3.8) is 0 Å². The van der Waals surface area contributed by atoms with Crippen molar-refractivity contribution < 1.29 is 0 Å². The summed E-state index contributed by atoms with van der Waals surface area (Å²) in [4.78, 5) is 4.37. The monoisotopic (exact) mass is 336 g/mol. The molecule has 0 aliphatic carbocycles. The van der Waals surface area contributed by atoms with Gasteiger partial charge in [-0.1, -0.05) is 34.1 Å². The molecule has 0 aliphatic rings. The Balaban J connectivity index is 1.77. The van der Waals surface area contributed by atoms with Gasteiger partial charge in [-0.3, -0.25) is 4.98 Å². The summed E-state index contributed by atoms with van der Waals surface area (Å²) >= 11 is 3.55. The van der Waals surface area contributed by atoms with E-state index in [1.165, 1.54) is 21.9 Å². The number of nitrogens with zero attached hydrogens (tertiary/aromatic N) is 2. The van der Waals surface area contributed by atoms with E-state index in [4.69, 9.17) is 0 Å². The maximum atomic E-state index is 4.37. The Morgan fingerprint density at radius 1 is 0.952 bits per heavy atom. The predicted molar refractivity (Wildman–Crippen MR) is 90.5 cm³/mol. The smallest absolute Gasteiger partial charge is 0.0702 e. The molecule has 0 saturated heterocycles. The highest BCUT2D eigenvalue weighted by molar-refractivity contribution is 9.10. The van der Waals surface area contributed by atoms with Crippen LogP contribution in [-0.4, -0.2) is 9.55 Å². The van der Waals surface area contributed by atoms with E-state index < -0.39 is 0 Å². The largest absolute Gasteiger partial charge is 0.343 e. The lowest BCUT2D eigenvalue weighted by Gasteiger charge is -2.07. The lowest BCUT2D eigenvalue weighted by Crippen LogP contribution is -1.97. The maximum absolute atomic E-state index is 4.37. The van der Waals surface area contributed by atoms with Gasteiger partial charge in [-0.2, -0.15) is 0 Å². The van der Waals surface area contributed by atoms with E-state index in [9.17, 15) is 0 Å². The minimum absolute atomic E-state index is 0.866. The summed E-state index contributed by atoms with van der Waals surface area (Å²) in [5.41, 5.74) is 3.57. The van der Waals surface area contributed by atoms with Gasteiger partial charge in [0.05, 0.1) is 5.52 Å². The number of fused-ring (bicyclic) bond motifs is 2. The molecule has 0 aliphatic heterocycles. The second-order valence-electron chi connectivity index (χ2n) is 5.18. The van der Waals surface area contributed by atoms with Gasteiger partial charge in [0, 0.05) is 34.3 Å². The topological polar surface area (TPSA) is 17.8 Å². The normalized spacial score (nSPS) is 11.3. The fourth-order valence-electron chi connectivity index (χ4n) is 2.72. The zero-order valence-corrected chi connectivity index (χ0v) is 12.9. The van der Waals surface area contributed by atoms with E-state index in [0.29, 0.717) is 0 Å². The quantitative estimate of drug-likeness (QED) is 0.503. The van der Waals surface area contributed by atoms with Crippen LogP contribution < -0.4 is 0 Å². The van der Waals surface area contributed by atoms with Crippen LogP contribution in [-0.2, 0) is 6.54 Å². The van der Waals surface area contributed by atoms with Gasteiger partial charge in [-0.15, -0.1) is 0 Å². The summed E-state index contributed by atoms with van der Waals surface area (Å²) in [5, 5.41) is 2.45. The Kier molecular flexibility index (Phi) is 3.00. The Bertz CT molecular complexity index is 940. The molecule has 0 fully saturated rings. The molecule has 0 unspecified atom stereocenters. The summed E-state index contributed by atoms with van der Waals surface area (Å²) in [5.74, 6) is 0. The first-order valence-corrected chi connectivity index (χ1v) is 7.67. The molecular formula is C18H13BrN2. The zero-order chi connectivity index (χ0) is 14.2. The van der Waals surface area contributed by atoms with E-state index in [-0.39, 0.29) is 0 Å². The molecular weight excluding hydrogens is 324 g/mol. The van der Waals surface area contributed by atoms with E-state index in [1.54, 1.807) is 0 Å². The van der Waals surface area contributed by atoms with Gasteiger partial charge in [0.2, 0.25) is 0 Å². The van der Waals surface area contributed by atoms with Crippen molar-refractivity contribution >= 4 is 37.7 Å². The number of rotatable bonds is 2. The molecule has 102 valence electrons. The zero-order valence-electron chi connectivity index (χ0n) is 11.3. The first kappa shape index (κ1) is 12.6. The molecule has 4 rings (SSSR count). The van der Waals surface area contributed by atoms with Gasteiger partial charge >= 0.3 is 0 Å². The van der Waals surface area contributed by atoms with Crippen molar-refractivity contribution in [2.45, 2.75) is 6.54 Å². The van der Waals surface area contributed by atoms with E-state index in [0.717, 1.165) is 16.5 Å². The highest BCUT2D eigenvalue weighted by atomic mass is 79.9. The SMILES string of the molecule is Brc1ccc2ccn(Cc3ccc4ncccc4c3)c2c1. The average molecular weight is 337 g/mol. The second kappa shape index (κ2) is 5.01. The van der Waals surface area contributed by atoms with Gasteiger partial charge in [0.15, 0.2) is 0 Å². The van der Waals surface area contributed by atoms with Crippen LogP contribution in [0.15, 0.2) is 71.5 Å². The number of aromatic nitrogens is 2. The molecule has 0 amide bonds. The predicted octanol–water partition coefficient (Wildman–Crippen LogP) is 5.00. The number of hydrogen-bond acceptors (Lipinski definition) is 1. The minimum Gasteiger partial charge on any atom is -0.343 e. The van der Waals surface area contributed by atoms with Crippen LogP contribution >= 0.6 is 15.9 Å². The van der Waals surface area contributed by atoms with Gasteiger partial charge < -0.3 is 4.57 Å². The Hall–Kier alpha value is -2.13. The lowest BCUT2D eigenvalue weighted by molar-refractivity contribution is 0.838. The second-order valence-corrected chi connectivity index (χ2v) is 6.09. The molecule has 3 heteroatoms. The molecule has 21 heavy (non-hydrogen) atoms. The molecule has 0 N–H and O–H groups in total. The first-order chi connectivity index (χ1) is 10.3. The van der Waals surface area contributed by atoms with Crippen LogP contribution in [0, 0.1) is 0 Å². The van der Waals surface area contributed by atoms with E-state index in [2.05, 4.69) is 80.2 Å². The third-order valence-electron chi connectivity index (χ3n) is 3.76. The summed E-state index contributed by atoms with van der Waals surface area (Å²) < 4.78 is 3.38. The molecule has 0 radical (unpaired) electrons. The molecule has 2 heterocycles. The first-order valence-electron chi connectivity index (χ1n) is 6.88. The highest BCUT2D eigenvalue weighted by Gasteiger charge is 2.03. The highest BCUT2D eigenvalue weighted by Crippen LogP contribution is 2.22. The Morgan fingerprint density at radius 3 is 2.86 bits per heavy atom. The standard InChI is InChI=1S/C18H13BrN2/c19-16-5-4-14-7-9-21(18(14)11-16)12-13-3-6-17-15(10-13)2-1-8-20-17/h1-11H,12H2. The van der Waals surface area contributed by atoms with Gasteiger partial charge in [0.1, 0.15) is 0 Å². The molecule has 0 atom stereocenters. The lowest BCUT2D eigenvalue weighted by atomic mass is 10.1. The van der Waals surface area contributed by atoms with Gasteiger partial charge in [-0.05, 0) is 47.3 Å². The molecule has 2 aromatic carbocycles. The molecule has 2 nitrogen and oxygen atoms in total. The fraction of sp³-hybridized carbons (Fsp3) is 0.0556. The van der Waals surface area contributed by atoms with Crippen molar-refractivity contribution in [1.82, 2.24) is 9.55 Å². The molecule has 0 saturated carbocycles. The van der Waals surface area contributed by atoms with Crippen LogP contribution in [0.25, 0.3) is 21.8 Å². The van der Waals surface area contributed by atoms with Crippen molar-refractivity contribution in [2.24, 2.45) is 0 Å². The van der Waals surface area contributed by atoms with Crippen LogP contribution in [0.1, 0.15) is 5.56 Å². The third-order valence-corrected chi connectivity index (χ3v) is 4.25. The third kappa shape index (κ3) is 2.34. The van der Waals surface area contributed by atoms with E-state index >= 15 is 0 Å². The summed E-state index contributed by atoms with van der Waals surface area (Å²) in [6.45, 7) is 0.866. The maximum Gasteiger partial charge on any atom is 0.0702 e. The average Bonchev–Trinajstić information content (AvgIpc) is 2.89. The fourth-order valence-corrected chi connectivity index (χ4v) is 3.06. The molecule has 2 aromatic heterocycles.